The highest BCUT2D eigenvalue weighted by molar-refractivity contribution is 7.19. The third-order valence-electron chi connectivity index (χ3n) is 4.18. The highest BCUT2D eigenvalue weighted by Crippen LogP contribution is 2.29. The lowest BCUT2D eigenvalue weighted by Crippen LogP contribution is -2.24. The van der Waals surface area contributed by atoms with E-state index in [-0.39, 0.29) is 29.1 Å². The van der Waals surface area contributed by atoms with Gasteiger partial charge in [0.1, 0.15) is 11.5 Å². The van der Waals surface area contributed by atoms with E-state index >= 15 is 0 Å². The van der Waals surface area contributed by atoms with E-state index in [4.69, 9.17) is 0 Å². The molecule has 7 nitrogen and oxygen atoms in total. The van der Waals surface area contributed by atoms with Gasteiger partial charge in [0.25, 0.3) is 11.2 Å². The maximum atomic E-state index is 13.3. The molecule has 2 heterocycles. The van der Waals surface area contributed by atoms with Gasteiger partial charge in [-0.15, -0.1) is 11.3 Å². The van der Waals surface area contributed by atoms with Crippen molar-refractivity contribution in [2.24, 2.45) is 0 Å². The monoisotopic (exact) mass is 396 g/mol. The largest absolute Gasteiger partial charge is 0.294 e. The molecule has 0 atom stereocenters. The van der Waals surface area contributed by atoms with E-state index in [9.17, 15) is 19.3 Å². The van der Waals surface area contributed by atoms with Crippen LogP contribution in [-0.2, 0) is 6.54 Å². The number of nitro benzene ring substituents is 1. The van der Waals surface area contributed by atoms with Crippen LogP contribution in [0.15, 0.2) is 53.3 Å². The lowest BCUT2D eigenvalue weighted by molar-refractivity contribution is -0.384. The van der Waals surface area contributed by atoms with Crippen LogP contribution in [0.1, 0.15) is 10.6 Å². The predicted octanol–water partition coefficient (Wildman–Crippen LogP) is 3.92. The van der Waals surface area contributed by atoms with Crippen LogP contribution in [0.3, 0.4) is 0 Å². The highest BCUT2D eigenvalue weighted by atomic mass is 32.1. The Morgan fingerprint density at radius 1 is 1.21 bits per heavy atom. The predicted molar refractivity (Wildman–Crippen MR) is 104 cm³/mol. The Labute approximate surface area is 161 Å². The molecular formula is C19H13FN4O3S. The number of nitro groups is 1. The molecule has 140 valence electrons. The van der Waals surface area contributed by atoms with Crippen LogP contribution < -0.4 is 5.56 Å². The number of halogens is 1. The summed E-state index contributed by atoms with van der Waals surface area (Å²) in [4.78, 5) is 27.7. The van der Waals surface area contributed by atoms with Gasteiger partial charge in [-0.05, 0) is 36.8 Å². The molecule has 2 aromatic heterocycles. The highest BCUT2D eigenvalue weighted by Gasteiger charge is 2.17. The molecule has 0 aliphatic heterocycles. The zero-order valence-corrected chi connectivity index (χ0v) is 15.4. The van der Waals surface area contributed by atoms with Crippen molar-refractivity contribution in [1.82, 2.24) is 14.8 Å². The maximum Gasteiger partial charge on any atom is 0.294 e. The zero-order chi connectivity index (χ0) is 19.8. The summed E-state index contributed by atoms with van der Waals surface area (Å²) in [6, 6.07) is 11.9. The molecule has 0 N–H and O–H groups in total. The third kappa shape index (κ3) is 3.27. The second-order valence-corrected chi connectivity index (χ2v) is 7.36. The Bertz CT molecular complexity index is 1260. The standard InChI is InChI=1S/C19H13FN4O3S/c1-11-21-17-18(28-11)16(13-5-7-14(20)8-6-13)22-23(19(17)25)10-12-3-2-4-15(9-12)24(26)27/h2-9H,10H2,1H3. The SMILES string of the molecule is Cc1nc2c(=O)n(Cc3cccc([N+](=O)[O-])c3)nc(-c3ccc(F)cc3)c2s1. The number of aromatic nitrogens is 3. The van der Waals surface area contributed by atoms with Crippen molar-refractivity contribution in [3.8, 4) is 11.3 Å². The van der Waals surface area contributed by atoms with Crippen LogP contribution >= 0.6 is 11.3 Å². The van der Waals surface area contributed by atoms with Crippen LogP contribution in [0.2, 0.25) is 0 Å². The third-order valence-corrected chi connectivity index (χ3v) is 5.16. The first-order valence-corrected chi connectivity index (χ1v) is 9.11. The molecule has 0 amide bonds. The van der Waals surface area contributed by atoms with E-state index in [1.807, 2.05) is 0 Å². The number of aryl methyl sites for hydroxylation is 1. The van der Waals surface area contributed by atoms with Crippen LogP contribution in [-0.4, -0.2) is 19.7 Å². The van der Waals surface area contributed by atoms with E-state index in [1.54, 1.807) is 31.2 Å². The number of rotatable bonds is 4. The van der Waals surface area contributed by atoms with Crippen LogP contribution in [0.5, 0.6) is 0 Å². The summed E-state index contributed by atoms with van der Waals surface area (Å²) in [5.41, 5.74) is 1.59. The lowest BCUT2D eigenvalue weighted by atomic mass is 10.1. The molecule has 4 rings (SSSR count). The van der Waals surface area contributed by atoms with Gasteiger partial charge < -0.3 is 0 Å². The van der Waals surface area contributed by atoms with Crippen LogP contribution in [0, 0.1) is 22.9 Å². The average molecular weight is 396 g/mol. The van der Waals surface area contributed by atoms with Gasteiger partial charge in [0.2, 0.25) is 0 Å². The van der Waals surface area contributed by atoms with Gasteiger partial charge in [0, 0.05) is 17.7 Å². The smallest absolute Gasteiger partial charge is 0.265 e. The van der Waals surface area contributed by atoms with Gasteiger partial charge in [-0.1, -0.05) is 12.1 Å². The molecule has 9 heteroatoms. The Morgan fingerprint density at radius 2 is 1.96 bits per heavy atom. The molecule has 0 unspecified atom stereocenters. The van der Waals surface area contributed by atoms with Gasteiger partial charge in [-0.2, -0.15) is 5.10 Å². The normalized spacial score (nSPS) is 11.1. The molecule has 0 aliphatic rings. The number of benzene rings is 2. The summed E-state index contributed by atoms with van der Waals surface area (Å²) in [6.07, 6.45) is 0. The number of nitrogens with zero attached hydrogens (tertiary/aromatic N) is 4. The van der Waals surface area contributed by atoms with E-state index in [1.165, 1.54) is 40.3 Å². The molecule has 4 aromatic rings. The first-order valence-electron chi connectivity index (χ1n) is 8.30. The summed E-state index contributed by atoms with van der Waals surface area (Å²) in [5, 5.41) is 16.2. The van der Waals surface area contributed by atoms with Crippen molar-refractivity contribution in [3.63, 3.8) is 0 Å². The molecule has 0 saturated heterocycles. The topological polar surface area (TPSA) is 90.9 Å². The molecule has 0 aliphatic carbocycles. The summed E-state index contributed by atoms with van der Waals surface area (Å²) in [7, 11) is 0. The van der Waals surface area contributed by atoms with E-state index in [0.29, 0.717) is 26.5 Å². The van der Waals surface area contributed by atoms with Crippen molar-refractivity contribution in [1.29, 1.82) is 0 Å². The average Bonchev–Trinajstić information content (AvgIpc) is 3.07. The summed E-state index contributed by atoms with van der Waals surface area (Å²) in [6.45, 7) is 1.85. The van der Waals surface area contributed by atoms with Crippen molar-refractivity contribution < 1.29 is 9.31 Å². The van der Waals surface area contributed by atoms with Gasteiger partial charge in [0.05, 0.1) is 21.2 Å². The molecule has 0 saturated carbocycles. The molecule has 28 heavy (non-hydrogen) atoms. The summed E-state index contributed by atoms with van der Waals surface area (Å²) < 4.78 is 15.2. The molecule has 2 aromatic carbocycles. The number of thiazole rings is 1. The Morgan fingerprint density at radius 3 is 2.68 bits per heavy atom. The molecule has 0 bridgehead atoms. The molecule has 0 spiro atoms. The fourth-order valence-electron chi connectivity index (χ4n) is 2.91. The maximum absolute atomic E-state index is 13.3. The number of non-ortho nitro benzene ring substituents is 1. The lowest BCUT2D eigenvalue weighted by Gasteiger charge is -2.09. The fourth-order valence-corrected chi connectivity index (χ4v) is 3.83. The molecule has 0 fully saturated rings. The van der Waals surface area contributed by atoms with Crippen molar-refractivity contribution in [2.45, 2.75) is 13.5 Å². The minimum Gasteiger partial charge on any atom is -0.265 e. The van der Waals surface area contributed by atoms with E-state index in [2.05, 4.69) is 10.1 Å². The fraction of sp³-hybridized carbons (Fsp3) is 0.105. The minimum atomic E-state index is -0.489. The van der Waals surface area contributed by atoms with Crippen LogP contribution in [0.4, 0.5) is 10.1 Å². The second kappa shape index (κ2) is 6.93. The molecular weight excluding hydrogens is 383 g/mol. The van der Waals surface area contributed by atoms with E-state index in [0.717, 1.165) is 0 Å². The Balaban J connectivity index is 1.88. The van der Waals surface area contributed by atoms with Crippen molar-refractivity contribution in [2.75, 3.05) is 0 Å². The Kier molecular flexibility index (Phi) is 4.44. The zero-order valence-electron chi connectivity index (χ0n) is 14.6. The summed E-state index contributed by atoms with van der Waals surface area (Å²) in [5.74, 6) is -0.370. The first-order chi connectivity index (χ1) is 13.4. The first kappa shape index (κ1) is 17.9. The van der Waals surface area contributed by atoms with Gasteiger partial charge in [0.15, 0.2) is 5.52 Å². The van der Waals surface area contributed by atoms with Crippen LogP contribution in [0.25, 0.3) is 21.5 Å². The number of hydrogen-bond donors (Lipinski definition) is 0. The minimum absolute atomic E-state index is 0.0568. The molecule has 0 radical (unpaired) electrons. The van der Waals surface area contributed by atoms with E-state index < -0.39 is 4.92 Å². The number of fused-ring (bicyclic) bond motifs is 1. The van der Waals surface area contributed by atoms with Gasteiger partial charge in [-0.25, -0.2) is 14.1 Å². The van der Waals surface area contributed by atoms with Gasteiger partial charge >= 0.3 is 0 Å². The van der Waals surface area contributed by atoms with Gasteiger partial charge in [-0.3, -0.25) is 14.9 Å². The quantitative estimate of drug-likeness (QED) is 0.385. The second-order valence-electron chi connectivity index (χ2n) is 6.16. The van der Waals surface area contributed by atoms with Crippen molar-refractivity contribution in [3.05, 3.63) is 85.4 Å². The number of hydrogen-bond acceptors (Lipinski definition) is 6. The van der Waals surface area contributed by atoms with Crippen molar-refractivity contribution >= 4 is 27.2 Å². The Hall–Kier alpha value is -3.46. The summed E-state index contributed by atoms with van der Waals surface area (Å²) >= 11 is 1.34.